The third kappa shape index (κ3) is 1.59. The maximum Gasteiger partial charge on any atom is 0.137 e. The first-order valence-electron chi connectivity index (χ1n) is 5.52. The molecule has 0 atom stereocenters. The quantitative estimate of drug-likeness (QED) is 0.720. The molecule has 0 unspecified atom stereocenters. The summed E-state index contributed by atoms with van der Waals surface area (Å²) in [5.74, 6) is 0.363. The molecule has 0 spiro atoms. The molecule has 2 heteroatoms. The zero-order valence-electron chi connectivity index (χ0n) is 8.90. The second-order valence-corrected chi connectivity index (χ2v) is 5.03. The van der Waals surface area contributed by atoms with Gasteiger partial charge in [-0.05, 0) is 34.4 Å². The van der Waals surface area contributed by atoms with Crippen LogP contribution in [-0.4, -0.2) is 5.78 Å². The Labute approximate surface area is 98.4 Å². The minimum atomic E-state index is 0.363. The molecule has 1 aromatic heterocycles. The van der Waals surface area contributed by atoms with E-state index in [4.69, 9.17) is 0 Å². The number of rotatable bonds is 1. The number of thiophene rings is 1. The Morgan fingerprint density at radius 1 is 1.12 bits per heavy atom. The molecule has 3 rings (SSSR count). The molecule has 0 saturated heterocycles. The van der Waals surface area contributed by atoms with Gasteiger partial charge in [0.25, 0.3) is 0 Å². The Kier molecular flexibility index (Phi) is 2.37. The lowest BCUT2D eigenvalue weighted by Gasteiger charge is -2.13. The number of Topliss-reactive ketones (excluding diaryl/α,β-unsaturated/α-hetero) is 1. The van der Waals surface area contributed by atoms with Gasteiger partial charge in [0.1, 0.15) is 5.78 Å². The van der Waals surface area contributed by atoms with E-state index in [-0.39, 0.29) is 0 Å². The summed E-state index contributed by atoms with van der Waals surface area (Å²) in [5.41, 5.74) is 2.66. The van der Waals surface area contributed by atoms with E-state index >= 15 is 0 Å². The first-order chi connectivity index (χ1) is 7.84. The second-order valence-electron chi connectivity index (χ2n) is 4.12. The largest absolute Gasteiger partial charge is 0.299 e. The fraction of sp³-hybridized carbons (Fsp3) is 0.214. The van der Waals surface area contributed by atoms with Crippen molar-refractivity contribution in [1.29, 1.82) is 0 Å². The van der Waals surface area contributed by atoms with Crippen LogP contribution in [0.2, 0.25) is 0 Å². The third-order valence-corrected chi connectivity index (χ3v) is 4.04. The molecule has 0 aliphatic heterocycles. The molecule has 0 amide bonds. The van der Waals surface area contributed by atoms with E-state index in [1.165, 1.54) is 21.2 Å². The predicted molar refractivity (Wildman–Crippen MR) is 68.7 cm³/mol. The minimum absolute atomic E-state index is 0.363. The molecule has 1 heterocycles. The zero-order chi connectivity index (χ0) is 11.0. The summed E-state index contributed by atoms with van der Waals surface area (Å²) in [6, 6.07) is 8.56. The van der Waals surface area contributed by atoms with Crippen LogP contribution < -0.4 is 0 Å². The molecule has 0 N–H and O–H groups in total. The van der Waals surface area contributed by atoms with Crippen LogP contribution in [0, 0.1) is 0 Å². The molecule has 1 aliphatic rings. The lowest BCUT2D eigenvalue weighted by atomic mass is 9.92. The first kappa shape index (κ1) is 9.79. The van der Waals surface area contributed by atoms with Gasteiger partial charge in [-0.2, -0.15) is 0 Å². The summed E-state index contributed by atoms with van der Waals surface area (Å²) in [5, 5.41) is 3.43. The fourth-order valence-electron chi connectivity index (χ4n) is 2.21. The number of fused-ring (bicyclic) bond motifs is 1. The van der Waals surface area contributed by atoms with Gasteiger partial charge in [0, 0.05) is 17.5 Å². The number of hydrogen-bond acceptors (Lipinski definition) is 2. The normalized spacial score (nSPS) is 16.5. The summed E-state index contributed by atoms with van der Waals surface area (Å²) in [7, 11) is 0. The van der Waals surface area contributed by atoms with Gasteiger partial charge < -0.3 is 0 Å². The van der Waals surface area contributed by atoms with Crippen LogP contribution in [0.1, 0.15) is 24.8 Å². The van der Waals surface area contributed by atoms with Gasteiger partial charge >= 0.3 is 0 Å². The van der Waals surface area contributed by atoms with Gasteiger partial charge in [-0.25, -0.2) is 0 Å². The van der Waals surface area contributed by atoms with Crippen molar-refractivity contribution in [1.82, 2.24) is 0 Å². The van der Waals surface area contributed by atoms with Crippen LogP contribution in [0.3, 0.4) is 0 Å². The van der Waals surface area contributed by atoms with Crippen molar-refractivity contribution in [3.63, 3.8) is 0 Å². The highest BCUT2D eigenvalue weighted by atomic mass is 32.1. The first-order valence-corrected chi connectivity index (χ1v) is 6.40. The van der Waals surface area contributed by atoms with Gasteiger partial charge in [-0.15, -0.1) is 11.3 Å². The van der Waals surface area contributed by atoms with Crippen molar-refractivity contribution in [2.24, 2.45) is 0 Å². The number of allylic oxidation sites excluding steroid dienone is 2. The lowest BCUT2D eigenvalue weighted by molar-refractivity contribution is -0.118. The van der Waals surface area contributed by atoms with Crippen molar-refractivity contribution in [3.05, 3.63) is 41.3 Å². The molecular weight excluding hydrogens is 216 g/mol. The number of ketones is 1. The van der Waals surface area contributed by atoms with Gasteiger partial charge in [-0.1, -0.05) is 24.3 Å². The molecule has 80 valence electrons. The van der Waals surface area contributed by atoms with Crippen LogP contribution in [0.15, 0.2) is 35.7 Å². The van der Waals surface area contributed by atoms with E-state index in [1.807, 2.05) is 0 Å². The summed E-state index contributed by atoms with van der Waals surface area (Å²) in [6.45, 7) is 0. The monoisotopic (exact) mass is 228 g/mol. The van der Waals surface area contributed by atoms with Crippen LogP contribution in [0.4, 0.5) is 0 Å². The van der Waals surface area contributed by atoms with Gasteiger partial charge in [0.15, 0.2) is 0 Å². The summed E-state index contributed by atoms with van der Waals surface area (Å²) < 4.78 is 1.35. The molecule has 2 aromatic rings. The number of benzene rings is 1. The highest BCUT2D eigenvalue weighted by Crippen LogP contribution is 2.33. The Balaban J connectivity index is 2.12. The molecule has 0 bridgehead atoms. The molecule has 1 aromatic carbocycles. The predicted octanol–water partition coefficient (Wildman–Crippen LogP) is 4.04. The summed E-state index contributed by atoms with van der Waals surface area (Å²) in [6.07, 6.45) is 4.31. The van der Waals surface area contributed by atoms with Crippen molar-refractivity contribution >= 4 is 32.8 Å². The average Bonchev–Trinajstić information content (AvgIpc) is 2.78. The van der Waals surface area contributed by atoms with Gasteiger partial charge in [-0.3, -0.25) is 4.79 Å². The average molecular weight is 228 g/mol. The molecule has 0 saturated carbocycles. The maximum absolute atomic E-state index is 11.2. The summed E-state index contributed by atoms with van der Waals surface area (Å²) in [4.78, 5) is 11.2. The van der Waals surface area contributed by atoms with Crippen molar-refractivity contribution in [3.8, 4) is 0 Å². The molecule has 16 heavy (non-hydrogen) atoms. The maximum atomic E-state index is 11.2. The SMILES string of the molecule is O=C1CC=C(c2cccc3ccsc23)CC1. The molecule has 0 fully saturated rings. The Morgan fingerprint density at radius 3 is 2.88 bits per heavy atom. The van der Waals surface area contributed by atoms with E-state index in [2.05, 4.69) is 35.7 Å². The van der Waals surface area contributed by atoms with E-state index in [1.54, 1.807) is 11.3 Å². The van der Waals surface area contributed by atoms with E-state index < -0.39 is 0 Å². The molecular formula is C14H12OS. The minimum Gasteiger partial charge on any atom is -0.299 e. The Morgan fingerprint density at radius 2 is 2.06 bits per heavy atom. The van der Waals surface area contributed by atoms with Crippen molar-refractivity contribution in [2.45, 2.75) is 19.3 Å². The lowest BCUT2D eigenvalue weighted by Crippen LogP contribution is -2.02. The van der Waals surface area contributed by atoms with Crippen LogP contribution in [0.5, 0.6) is 0 Å². The molecule has 1 nitrogen and oxygen atoms in total. The number of carbonyl (C=O) groups is 1. The summed E-state index contributed by atoms with van der Waals surface area (Å²) >= 11 is 1.78. The molecule has 0 radical (unpaired) electrons. The third-order valence-electron chi connectivity index (χ3n) is 3.07. The van der Waals surface area contributed by atoms with E-state index in [0.717, 1.165) is 6.42 Å². The van der Waals surface area contributed by atoms with Crippen LogP contribution in [-0.2, 0) is 4.79 Å². The van der Waals surface area contributed by atoms with Crippen LogP contribution >= 0.6 is 11.3 Å². The molecule has 1 aliphatic carbocycles. The highest BCUT2D eigenvalue weighted by Gasteiger charge is 2.13. The number of carbonyl (C=O) groups excluding carboxylic acids is 1. The number of hydrogen-bond donors (Lipinski definition) is 0. The van der Waals surface area contributed by atoms with E-state index in [9.17, 15) is 4.79 Å². The van der Waals surface area contributed by atoms with E-state index in [0.29, 0.717) is 18.6 Å². The van der Waals surface area contributed by atoms with Gasteiger partial charge in [0.2, 0.25) is 0 Å². The highest BCUT2D eigenvalue weighted by molar-refractivity contribution is 7.17. The fourth-order valence-corrected chi connectivity index (χ4v) is 3.15. The topological polar surface area (TPSA) is 17.1 Å². The smallest absolute Gasteiger partial charge is 0.137 e. The zero-order valence-corrected chi connectivity index (χ0v) is 9.72. The van der Waals surface area contributed by atoms with Crippen molar-refractivity contribution in [2.75, 3.05) is 0 Å². The Bertz CT molecular complexity index is 577. The Hall–Kier alpha value is -1.41. The van der Waals surface area contributed by atoms with Crippen molar-refractivity contribution < 1.29 is 4.79 Å². The second kappa shape index (κ2) is 3.87. The standard InChI is InChI=1S/C14H12OS/c15-12-6-4-10(5-7-12)13-3-1-2-11-8-9-16-14(11)13/h1-4,8-9H,5-7H2. The van der Waals surface area contributed by atoms with Crippen LogP contribution in [0.25, 0.3) is 15.7 Å². The van der Waals surface area contributed by atoms with Gasteiger partial charge in [0.05, 0.1) is 0 Å².